The molecular formula is C29H30BrN5O3. The predicted octanol–water partition coefficient (Wildman–Crippen LogP) is 5.64. The van der Waals surface area contributed by atoms with Crippen molar-refractivity contribution in [2.24, 2.45) is 5.10 Å². The van der Waals surface area contributed by atoms with E-state index in [1.807, 2.05) is 93.5 Å². The molecule has 1 aromatic heterocycles. The third-order valence-corrected chi connectivity index (χ3v) is 6.62. The monoisotopic (exact) mass is 575 g/mol. The van der Waals surface area contributed by atoms with Gasteiger partial charge in [0.15, 0.2) is 6.61 Å². The zero-order valence-corrected chi connectivity index (χ0v) is 23.4. The van der Waals surface area contributed by atoms with Gasteiger partial charge in [-0.05, 0) is 48.9 Å². The topological polar surface area (TPSA) is 88.8 Å². The van der Waals surface area contributed by atoms with Crippen molar-refractivity contribution in [2.45, 2.75) is 26.2 Å². The Morgan fingerprint density at radius 3 is 2.63 bits per heavy atom. The standard InChI is InChI=1S/C29H30BrN5O3/c1-5-19(2)28-33-25-14-12-21(30)15-24(25)29(37)35(28)31-17-20-11-13-23(34(3)4)16-26(20)38-18-27(36)32-22-9-7-6-8-10-22/h6-17,19H,5,18H2,1-4H3,(H,32,36)/t19-/m1/s1. The number of rotatable bonds is 9. The molecule has 0 spiro atoms. The number of para-hydroxylation sites is 1. The Bertz CT molecular complexity index is 1530. The first kappa shape index (κ1) is 27.1. The molecule has 0 bridgehead atoms. The molecule has 38 heavy (non-hydrogen) atoms. The van der Waals surface area contributed by atoms with Crippen LogP contribution in [0, 0.1) is 0 Å². The van der Waals surface area contributed by atoms with E-state index >= 15 is 0 Å². The van der Waals surface area contributed by atoms with E-state index in [4.69, 9.17) is 9.72 Å². The summed E-state index contributed by atoms with van der Waals surface area (Å²) in [6, 6.07) is 20.3. The quantitative estimate of drug-likeness (QED) is 0.261. The molecule has 4 rings (SSSR count). The number of halogens is 1. The van der Waals surface area contributed by atoms with Gasteiger partial charge in [-0.1, -0.05) is 48.0 Å². The van der Waals surface area contributed by atoms with Gasteiger partial charge in [-0.3, -0.25) is 9.59 Å². The van der Waals surface area contributed by atoms with E-state index in [1.165, 1.54) is 4.68 Å². The lowest BCUT2D eigenvalue weighted by molar-refractivity contribution is -0.118. The summed E-state index contributed by atoms with van der Waals surface area (Å²) in [5.74, 6) is 0.784. The summed E-state index contributed by atoms with van der Waals surface area (Å²) in [4.78, 5) is 32.7. The number of benzene rings is 3. The van der Waals surface area contributed by atoms with E-state index in [9.17, 15) is 9.59 Å². The molecule has 0 aliphatic rings. The second-order valence-corrected chi connectivity index (χ2v) is 10.0. The summed E-state index contributed by atoms with van der Waals surface area (Å²) in [5, 5.41) is 7.85. The lowest BCUT2D eigenvalue weighted by atomic mass is 10.1. The Hall–Kier alpha value is -3.98. The van der Waals surface area contributed by atoms with Crippen molar-refractivity contribution in [3.05, 3.63) is 92.9 Å². The highest BCUT2D eigenvalue weighted by Gasteiger charge is 2.16. The van der Waals surface area contributed by atoms with Crippen molar-refractivity contribution in [3.63, 3.8) is 0 Å². The number of anilines is 2. The third-order valence-electron chi connectivity index (χ3n) is 6.13. The zero-order chi connectivity index (χ0) is 27.2. The Labute approximate surface area is 230 Å². The minimum atomic E-state index is -0.283. The number of hydrogen-bond donors (Lipinski definition) is 1. The van der Waals surface area contributed by atoms with Crippen LogP contribution in [0.3, 0.4) is 0 Å². The zero-order valence-electron chi connectivity index (χ0n) is 21.8. The van der Waals surface area contributed by atoms with Crippen LogP contribution in [0.4, 0.5) is 11.4 Å². The number of fused-ring (bicyclic) bond motifs is 1. The highest BCUT2D eigenvalue weighted by atomic mass is 79.9. The fraction of sp³-hybridized carbons (Fsp3) is 0.241. The molecule has 1 amide bonds. The molecule has 0 unspecified atom stereocenters. The van der Waals surface area contributed by atoms with E-state index in [0.29, 0.717) is 33.7 Å². The van der Waals surface area contributed by atoms with Gasteiger partial charge in [-0.25, -0.2) is 4.98 Å². The van der Waals surface area contributed by atoms with Crippen molar-refractivity contribution < 1.29 is 9.53 Å². The number of ether oxygens (including phenoxy) is 1. The fourth-order valence-corrected chi connectivity index (χ4v) is 4.15. The van der Waals surface area contributed by atoms with Crippen molar-refractivity contribution >= 4 is 50.3 Å². The van der Waals surface area contributed by atoms with Crippen LogP contribution in [0.15, 0.2) is 81.1 Å². The van der Waals surface area contributed by atoms with E-state index < -0.39 is 0 Å². The van der Waals surface area contributed by atoms with Gasteiger partial charge in [-0.15, -0.1) is 0 Å². The molecule has 0 aliphatic carbocycles. The Morgan fingerprint density at radius 2 is 1.92 bits per heavy atom. The maximum absolute atomic E-state index is 13.5. The maximum atomic E-state index is 13.5. The number of amides is 1. The molecule has 8 nitrogen and oxygen atoms in total. The lowest BCUT2D eigenvalue weighted by Gasteiger charge is -2.16. The van der Waals surface area contributed by atoms with Gasteiger partial charge in [0.25, 0.3) is 11.5 Å². The summed E-state index contributed by atoms with van der Waals surface area (Å²) >= 11 is 3.44. The summed E-state index contributed by atoms with van der Waals surface area (Å²) in [6.07, 6.45) is 2.37. The predicted molar refractivity (Wildman–Crippen MR) is 157 cm³/mol. The molecule has 0 fully saturated rings. The van der Waals surface area contributed by atoms with Crippen LogP contribution >= 0.6 is 15.9 Å². The minimum Gasteiger partial charge on any atom is -0.483 e. The second-order valence-electron chi connectivity index (χ2n) is 9.12. The van der Waals surface area contributed by atoms with Gasteiger partial charge in [0, 0.05) is 47.5 Å². The molecule has 0 aliphatic heterocycles. The smallest absolute Gasteiger partial charge is 0.282 e. The average molecular weight is 576 g/mol. The van der Waals surface area contributed by atoms with Gasteiger partial charge in [-0.2, -0.15) is 9.78 Å². The normalized spacial score (nSPS) is 12.0. The Balaban J connectivity index is 1.69. The highest BCUT2D eigenvalue weighted by molar-refractivity contribution is 9.10. The van der Waals surface area contributed by atoms with Crippen LogP contribution in [-0.2, 0) is 4.79 Å². The molecule has 0 saturated heterocycles. The highest BCUT2D eigenvalue weighted by Crippen LogP contribution is 2.25. The summed E-state index contributed by atoms with van der Waals surface area (Å²) in [7, 11) is 3.84. The first-order chi connectivity index (χ1) is 18.3. The van der Waals surface area contributed by atoms with Crippen LogP contribution in [0.25, 0.3) is 10.9 Å². The number of nitrogens with zero attached hydrogens (tertiary/aromatic N) is 4. The summed E-state index contributed by atoms with van der Waals surface area (Å²) in [6.45, 7) is 3.88. The second kappa shape index (κ2) is 12.0. The molecule has 1 atom stereocenters. The molecule has 1 heterocycles. The van der Waals surface area contributed by atoms with Crippen LogP contribution in [0.5, 0.6) is 5.75 Å². The summed E-state index contributed by atoms with van der Waals surface area (Å²) < 4.78 is 8.07. The van der Waals surface area contributed by atoms with E-state index in [-0.39, 0.29) is 24.0 Å². The van der Waals surface area contributed by atoms with Crippen molar-refractivity contribution in [2.75, 3.05) is 30.9 Å². The van der Waals surface area contributed by atoms with Crippen molar-refractivity contribution in [3.8, 4) is 5.75 Å². The van der Waals surface area contributed by atoms with Gasteiger partial charge in [0.05, 0.1) is 17.1 Å². The lowest BCUT2D eigenvalue weighted by Crippen LogP contribution is -2.24. The van der Waals surface area contributed by atoms with E-state index in [0.717, 1.165) is 16.6 Å². The van der Waals surface area contributed by atoms with Gasteiger partial charge in [0.1, 0.15) is 11.6 Å². The fourth-order valence-electron chi connectivity index (χ4n) is 3.79. The van der Waals surface area contributed by atoms with E-state index in [1.54, 1.807) is 12.3 Å². The van der Waals surface area contributed by atoms with Gasteiger partial charge >= 0.3 is 0 Å². The largest absolute Gasteiger partial charge is 0.483 e. The first-order valence-electron chi connectivity index (χ1n) is 12.3. The number of carbonyl (C=O) groups is 1. The van der Waals surface area contributed by atoms with Gasteiger partial charge < -0.3 is 15.0 Å². The van der Waals surface area contributed by atoms with Crippen molar-refractivity contribution in [1.29, 1.82) is 0 Å². The van der Waals surface area contributed by atoms with Crippen molar-refractivity contribution in [1.82, 2.24) is 9.66 Å². The number of carbonyl (C=O) groups excluding carboxylic acids is 1. The Morgan fingerprint density at radius 1 is 1.16 bits per heavy atom. The van der Waals surface area contributed by atoms with Crippen LogP contribution < -0.4 is 20.5 Å². The molecule has 0 saturated carbocycles. The molecular weight excluding hydrogens is 546 g/mol. The number of aromatic nitrogens is 2. The van der Waals surface area contributed by atoms with Crippen LogP contribution in [0.1, 0.15) is 37.6 Å². The van der Waals surface area contributed by atoms with Crippen LogP contribution in [-0.4, -0.2) is 42.5 Å². The maximum Gasteiger partial charge on any atom is 0.282 e. The minimum absolute atomic E-state index is 0.0152. The Kier molecular flexibility index (Phi) is 8.58. The third kappa shape index (κ3) is 6.28. The molecule has 1 N–H and O–H groups in total. The molecule has 3 aromatic carbocycles. The van der Waals surface area contributed by atoms with E-state index in [2.05, 4.69) is 26.3 Å². The van der Waals surface area contributed by atoms with Gasteiger partial charge in [0.2, 0.25) is 0 Å². The number of nitrogens with one attached hydrogen (secondary N) is 1. The first-order valence-corrected chi connectivity index (χ1v) is 13.1. The summed E-state index contributed by atoms with van der Waals surface area (Å²) in [5.41, 5.74) is 2.59. The molecule has 4 aromatic rings. The molecule has 0 radical (unpaired) electrons. The van der Waals surface area contributed by atoms with Crippen LogP contribution in [0.2, 0.25) is 0 Å². The average Bonchev–Trinajstić information content (AvgIpc) is 2.91. The molecule has 9 heteroatoms. The SMILES string of the molecule is CC[C@@H](C)c1nc2ccc(Br)cc2c(=O)n1N=Cc1ccc(N(C)C)cc1OCC(=O)Nc1ccccc1. The number of hydrogen-bond acceptors (Lipinski definition) is 6. The molecule has 196 valence electrons.